The molecule has 2 rings (SSSR count). The summed E-state index contributed by atoms with van der Waals surface area (Å²) in [5.74, 6) is 0.211. The molecular weight excluding hydrogens is 204 g/mol. The maximum Gasteiger partial charge on any atom is 0.101 e. The van der Waals surface area contributed by atoms with Crippen molar-refractivity contribution in [1.29, 1.82) is 0 Å². The summed E-state index contributed by atoms with van der Waals surface area (Å²) in [4.78, 5) is 4.12. The molecule has 1 aromatic rings. The van der Waals surface area contributed by atoms with Crippen molar-refractivity contribution in [3.8, 4) is 0 Å². The molecule has 1 saturated heterocycles. The van der Waals surface area contributed by atoms with Crippen molar-refractivity contribution < 1.29 is 9.84 Å². The van der Waals surface area contributed by atoms with Crippen LogP contribution in [-0.4, -0.2) is 27.9 Å². The summed E-state index contributed by atoms with van der Waals surface area (Å²) in [5, 5.41) is 10.3. The summed E-state index contributed by atoms with van der Waals surface area (Å²) in [7, 11) is 0. The van der Waals surface area contributed by atoms with E-state index in [0.717, 1.165) is 25.1 Å². The van der Waals surface area contributed by atoms with E-state index in [1.165, 1.54) is 0 Å². The van der Waals surface area contributed by atoms with E-state index in [1.807, 2.05) is 4.57 Å². The Balaban J connectivity index is 2.12. The summed E-state index contributed by atoms with van der Waals surface area (Å²) in [6.07, 6.45) is 5.17. The summed E-state index contributed by atoms with van der Waals surface area (Å²) >= 11 is 0. The van der Waals surface area contributed by atoms with Crippen molar-refractivity contribution in [2.45, 2.75) is 38.8 Å². The van der Waals surface area contributed by atoms with Crippen molar-refractivity contribution >= 4 is 0 Å². The van der Waals surface area contributed by atoms with Gasteiger partial charge in [-0.2, -0.15) is 0 Å². The Morgan fingerprint density at radius 1 is 1.56 bits per heavy atom. The van der Waals surface area contributed by atoms with Crippen molar-refractivity contribution in [1.82, 2.24) is 9.55 Å². The lowest BCUT2D eigenvalue weighted by atomic mass is 9.94. The van der Waals surface area contributed by atoms with E-state index in [1.54, 1.807) is 12.5 Å². The van der Waals surface area contributed by atoms with Crippen molar-refractivity contribution in [3.63, 3.8) is 0 Å². The van der Waals surface area contributed by atoms with Crippen LogP contribution >= 0.6 is 0 Å². The quantitative estimate of drug-likeness (QED) is 0.853. The third kappa shape index (κ3) is 2.28. The Kier molecular flexibility index (Phi) is 3.61. The van der Waals surface area contributed by atoms with Gasteiger partial charge in [0.15, 0.2) is 0 Å². The second kappa shape index (κ2) is 4.97. The molecule has 0 radical (unpaired) electrons. The number of imidazole rings is 1. The van der Waals surface area contributed by atoms with Crippen LogP contribution in [0.5, 0.6) is 0 Å². The number of hydrogen-bond acceptors (Lipinski definition) is 3. The van der Waals surface area contributed by atoms with Gasteiger partial charge in [0.25, 0.3) is 0 Å². The fraction of sp³-hybridized carbons (Fsp3) is 0.750. The molecule has 2 atom stereocenters. The lowest BCUT2D eigenvalue weighted by Gasteiger charge is -2.27. The van der Waals surface area contributed by atoms with Crippen LogP contribution in [-0.2, 0) is 4.74 Å². The first-order chi connectivity index (χ1) is 7.70. The predicted octanol–water partition coefficient (Wildman–Crippen LogP) is 1.92. The number of nitrogens with zero attached hydrogens (tertiary/aromatic N) is 2. The molecule has 4 nitrogen and oxygen atoms in total. The third-order valence-corrected chi connectivity index (χ3v) is 3.20. The third-order valence-electron chi connectivity index (χ3n) is 3.20. The number of aliphatic hydroxyl groups excluding tert-OH is 1. The standard InChI is InChI=1S/C12H20N2O2/c1-9(2)14-8-13-6-11(14)12(15)10-4-3-5-16-7-10/h6,8-10,12,15H,3-5,7H2,1-2H3. The molecule has 0 saturated carbocycles. The van der Waals surface area contributed by atoms with Crippen LogP contribution in [0.1, 0.15) is 44.5 Å². The molecule has 0 amide bonds. The zero-order valence-corrected chi connectivity index (χ0v) is 9.97. The van der Waals surface area contributed by atoms with Crippen LogP contribution in [0.25, 0.3) is 0 Å². The zero-order chi connectivity index (χ0) is 11.5. The van der Waals surface area contributed by atoms with Gasteiger partial charge >= 0.3 is 0 Å². The first kappa shape index (κ1) is 11.6. The minimum atomic E-state index is -0.454. The number of ether oxygens (including phenoxy) is 1. The monoisotopic (exact) mass is 224 g/mol. The number of rotatable bonds is 3. The predicted molar refractivity (Wildman–Crippen MR) is 61.1 cm³/mol. The molecule has 1 aliphatic heterocycles. The summed E-state index contributed by atoms with van der Waals surface area (Å²) in [6.45, 7) is 5.67. The summed E-state index contributed by atoms with van der Waals surface area (Å²) < 4.78 is 7.44. The molecule has 1 fully saturated rings. The van der Waals surface area contributed by atoms with Crippen molar-refractivity contribution in [2.24, 2.45) is 5.92 Å². The lowest BCUT2D eigenvalue weighted by Crippen LogP contribution is -2.25. The van der Waals surface area contributed by atoms with Crippen LogP contribution in [0.4, 0.5) is 0 Å². The van der Waals surface area contributed by atoms with Crippen molar-refractivity contribution in [2.75, 3.05) is 13.2 Å². The molecule has 0 aromatic carbocycles. The second-order valence-electron chi connectivity index (χ2n) is 4.74. The van der Waals surface area contributed by atoms with Gasteiger partial charge in [-0.15, -0.1) is 0 Å². The Morgan fingerprint density at radius 2 is 2.38 bits per heavy atom. The minimum absolute atomic E-state index is 0.211. The molecule has 1 aromatic heterocycles. The summed E-state index contributed by atoms with van der Waals surface area (Å²) in [6, 6.07) is 0.330. The van der Waals surface area contributed by atoms with Gasteiger partial charge in [0, 0.05) is 18.6 Å². The molecule has 0 aliphatic carbocycles. The van der Waals surface area contributed by atoms with E-state index in [0.29, 0.717) is 12.6 Å². The van der Waals surface area contributed by atoms with Gasteiger partial charge in [-0.05, 0) is 26.7 Å². The largest absolute Gasteiger partial charge is 0.386 e. The number of aliphatic hydroxyl groups is 1. The van der Waals surface area contributed by atoms with Gasteiger partial charge in [-0.25, -0.2) is 4.98 Å². The average molecular weight is 224 g/mol. The molecular formula is C12H20N2O2. The highest BCUT2D eigenvalue weighted by molar-refractivity contribution is 5.05. The smallest absolute Gasteiger partial charge is 0.101 e. The average Bonchev–Trinajstić information content (AvgIpc) is 2.78. The molecule has 0 spiro atoms. The van der Waals surface area contributed by atoms with E-state index in [-0.39, 0.29) is 5.92 Å². The molecule has 0 bridgehead atoms. The van der Waals surface area contributed by atoms with Gasteiger partial charge in [0.05, 0.1) is 24.8 Å². The van der Waals surface area contributed by atoms with E-state index in [9.17, 15) is 5.11 Å². The topological polar surface area (TPSA) is 47.3 Å². The Hall–Kier alpha value is -0.870. The van der Waals surface area contributed by atoms with Crippen molar-refractivity contribution in [3.05, 3.63) is 18.2 Å². The Morgan fingerprint density at radius 3 is 3.00 bits per heavy atom. The molecule has 4 heteroatoms. The van der Waals surface area contributed by atoms with Crippen LogP contribution in [0, 0.1) is 5.92 Å². The normalized spacial score (nSPS) is 23.6. The first-order valence-corrected chi connectivity index (χ1v) is 5.97. The maximum absolute atomic E-state index is 10.3. The van der Waals surface area contributed by atoms with Gasteiger partial charge < -0.3 is 14.4 Å². The van der Waals surface area contributed by atoms with Gasteiger partial charge in [0.1, 0.15) is 6.10 Å². The SMILES string of the molecule is CC(C)n1cncc1C(O)C1CCCOC1. The molecule has 2 unspecified atom stereocenters. The van der Waals surface area contributed by atoms with E-state index in [4.69, 9.17) is 4.74 Å². The Labute approximate surface area is 96.3 Å². The van der Waals surface area contributed by atoms with Gasteiger partial charge in [-0.1, -0.05) is 0 Å². The van der Waals surface area contributed by atoms with Crippen LogP contribution in [0.15, 0.2) is 12.5 Å². The highest BCUT2D eigenvalue weighted by atomic mass is 16.5. The molecule has 1 aliphatic rings. The second-order valence-corrected chi connectivity index (χ2v) is 4.74. The fourth-order valence-corrected chi connectivity index (χ4v) is 2.23. The maximum atomic E-state index is 10.3. The van der Waals surface area contributed by atoms with E-state index >= 15 is 0 Å². The van der Waals surface area contributed by atoms with Gasteiger partial charge in [0.2, 0.25) is 0 Å². The van der Waals surface area contributed by atoms with Crippen LogP contribution in [0.3, 0.4) is 0 Å². The van der Waals surface area contributed by atoms with E-state index in [2.05, 4.69) is 18.8 Å². The molecule has 1 N–H and O–H groups in total. The molecule has 90 valence electrons. The first-order valence-electron chi connectivity index (χ1n) is 5.97. The van der Waals surface area contributed by atoms with Crippen LogP contribution < -0.4 is 0 Å². The summed E-state index contributed by atoms with van der Waals surface area (Å²) in [5.41, 5.74) is 0.908. The highest BCUT2D eigenvalue weighted by Gasteiger charge is 2.26. The highest BCUT2D eigenvalue weighted by Crippen LogP contribution is 2.29. The molecule has 16 heavy (non-hydrogen) atoms. The van der Waals surface area contributed by atoms with Gasteiger partial charge in [-0.3, -0.25) is 0 Å². The number of aromatic nitrogens is 2. The van der Waals surface area contributed by atoms with Crippen LogP contribution in [0.2, 0.25) is 0 Å². The van der Waals surface area contributed by atoms with E-state index < -0.39 is 6.10 Å². The zero-order valence-electron chi connectivity index (χ0n) is 9.97. The minimum Gasteiger partial charge on any atom is -0.386 e. The Bertz CT molecular complexity index is 330. The molecule has 2 heterocycles. The lowest BCUT2D eigenvalue weighted by molar-refractivity contribution is -0.0131. The number of hydrogen-bond donors (Lipinski definition) is 1. The fourth-order valence-electron chi connectivity index (χ4n) is 2.23.